The van der Waals surface area contributed by atoms with E-state index >= 15 is 0 Å². The normalized spacial score (nSPS) is 28.4. The fraction of sp³-hybridized carbons (Fsp3) is 0.647. The first-order valence-electron chi connectivity index (χ1n) is 7.25. The smallest absolute Gasteiger partial charge is 0.0688 e. The van der Waals surface area contributed by atoms with Crippen molar-refractivity contribution in [1.82, 2.24) is 0 Å². The predicted molar refractivity (Wildman–Crippen MR) is 84.2 cm³/mol. The van der Waals surface area contributed by atoms with Crippen LogP contribution in [0.2, 0.25) is 0 Å². The van der Waals surface area contributed by atoms with Crippen LogP contribution < -0.4 is 0 Å². The van der Waals surface area contributed by atoms with Crippen LogP contribution in [0.1, 0.15) is 52.0 Å². The molecule has 0 aromatic heterocycles. The molecule has 0 radical (unpaired) electrons. The molecule has 1 aliphatic rings. The zero-order valence-corrected chi connectivity index (χ0v) is 13.8. The Balaban J connectivity index is 1.96. The standard InChI is InChI=1S/C17H25BrO/c1-16(2,3)14-8-10-17(19,11-9-14)12-13-4-6-15(18)7-5-13/h4-7,14,19H,8-12H2,1-3H3. The molecule has 1 fully saturated rings. The highest BCUT2D eigenvalue weighted by molar-refractivity contribution is 9.10. The van der Waals surface area contributed by atoms with Crippen LogP contribution >= 0.6 is 15.9 Å². The number of hydrogen-bond donors (Lipinski definition) is 1. The van der Waals surface area contributed by atoms with Gasteiger partial charge in [0.2, 0.25) is 0 Å². The molecular formula is C17H25BrO. The van der Waals surface area contributed by atoms with Crippen LogP contribution in [-0.4, -0.2) is 10.7 Å². The Hall–Kier alpha value is -0.340. The average molecular weight is 325 g/mol. The van der Waals surface area contributed by atoms with Crippen LogP contribution in [0.3, 0.4) is 0 Å². The molecule has 1 aliphatic carbocycles. The van der Waals surface area contributed by atoms with Gasteiger partial charge in [-0.05, 0) is 54.7 Å². The molecule has 2 rings (SSSR count). The van der Waals surface area contributed by atoms with Gasteiger partial charge in [0, 0.05) is 10.9 Å². The monoisotopic (exact) mass is 324 g/mol. The summed E-state index contributed by atoms with van der Waals surface area (Å²) in [6.07, 6.45) is 4.96. The van der Waals surface area contributed by atoms with Gasteiger partial charge in [0.05, 0.1) is 5.60 Å². The van der Waals surface area contributed by atoms with E-state index in [1.54, 1.807) is 0 Å². The summed E-state index contributed by atoms with van der Waals surface area (Å²) in [5.74, 6) is 0.748. The van der Waals surface area contributed by atoms with E-state index in [4.69, 9.17) is 0 Å². The molecule has 0 atom stereocenters. The van der Waals surface area contributed by atoms with Crippen molar-refractivity contribution in [2.45, 2.75) is 58.5 Å². The highest BCUT2D eigenvalue weighted by atomic mass is 79.9. The van der Waals surface area contributed by atoms with Gasteiger partial charge >= 0.3 is 0 Å². The van der Waals surface area contributed by atoms with Gasteiger partial charge in [0.15, 0.2) is 0 Å². The summed E-state index contributed by atoms with van der Waals surface area (Å²) >= 11 is 3.45. The van der Waals surface area contributed by atoms with E-state index in [2.05, 4.69) is 61.0 Å². The van der Waals surface area contributed by atoms with Gasteiger partial charge in [0.25, 0.3) is 0 Å². The van der Waals surface area contributed by atoms with Gasteiger partial charge in [-0.2, -0.15) is 0 Å². The molecule has 0 unspecified atom stereocenters. The van der Waals surface area contributed by atoms with Crippen molar-refractivity contribution in [2.75, 3.05) is 0 Å². The lowest BCUT2D eigenvalue weighted by Gasteiger charge is -2.41. The molecule has 1 saturated carbocycles. The number of halogens is 1. The summed E-state index contributed by atoms with van der Waals surface area (Å²) in [5.41, 5.74) is 1.12. The lowest BCUT2D eigenvalue weighted by atomic mass is 9.67. The first-order chi connectivity index (χ1) is 8.78. The van der Waals surface area contributed by atoms with E-state index in [-0.39, 0.29) is 0 Å². The summed E-state index contributed by atoms with van der Waals surface area (Å²) in [5, 5.41) is 10.8. The third-order valence-corrected chi connectivity index (χ3v) is 5.12. The topological polar surface area (TPSA) is 20.2 Å². The third-order valence-electron chi connectivity index (χ3n) is 4.59. The molecular weight excluding hydrogens is 300 g/mol. The summed E-state index contributed by atoms with van der Waals surface area (Å²) in [6.45, 7) is 6.95. The van der Waals surface area contributed by atoms with E-state index < -0.39 is 5.60 Å². The molecule has 0 amide bonds. The Labute approximate surface area is 125 Å². The molecule has 0 spiro atoms. The second-order valence-electron chi connectivity index (χ2n) is 7.17. The number of benzene rings is 1. The van der Waals surface area contributed by atoms with Crippen LogP contribution in [0.5, 0.6) is 0 Å². The molecule has 0 bridgehead atoms. The largest absolute Gasteiger partial charge is 0.390 e. The van der Waals surface area contributed by atoms with Crippen LogP contribution in [0, 0.1) is 11.3 Å². The van der Waals surface area contributed by atoms with Crippen LogP contribution in [0.15, 0.2) is 28.7 Å². The van der Waals surface area contributed by atoms with Crippen molar-refractivity contribution in [3.63, 3.8) is 0 Å². The second kappa shape index (κ2) is 5.57. The summed E-state index contributed by atoms with van der Waals surface area (Å²) in [7, 11) is 0. The van der Waals surface area contributed by atoms with Gasteiger partial charge in [-0.25, -0.2) is 0 Å². The first-order valence-corrected chi connectivity index (χ1v) is 8.05. The Morgan fingerprint density at radius 3 is 2.16 bits per heavy atom. The Bertz CT molecular complexity index is 408. The van der Waals surface area contributed by atoms with Crippen molar-refractivity contribution in [1.29, 1.82) is 0 Å². The minimum Gasteiger partial charge on any atom is -0.390 e. The highest BCUT2D eigenvalue weighted by Gasteiger charge is 2.37. The van der Waals surface area contributed by atoms with Gasteiger partial charge < -0.3 is 5.11 Å². The predicted octanol–water partition coefficient (Wildman–Crippen LogP) is 4.96. The van der Waals surface area contributed by atoms with Crippen molar-refractivity contribution in [2.24, 2.45) is 11.3 Å². The number of aliphatic hydroxyl groups is 1. The van der Waals surface area contributed by atoms with Crippen LogP contribution in [0.4, 0.5) is 0 Å². The summed E-state index contributed by atoms with van der Waals surface area (Å²) < 4.78 is 1.10. The molecule has 0 aliphatic heterocycles. The summed E-state index contributed by atoms with van der Waals surface area (Å²) in [6, 6.07) is 8.33. The van der Waals surface area contributed by atoms with Crippen molar-refractivity contribution < 1.29 is 5.11 Å². The molecule has 19 heavy (non-hydrogen) atoms. The van der Waals surface area contributed by atoms with Crippen molar-refractivity contribution in [3.8, 4) is 0 Å². The van der Waals surface area contributed by atoms with Gasteiger partial charge in [-0.15, -0.1) is 0 Å². The van der Waals surface area contributed by atoms with E-state index in [0.29, 0.717) is 5.41 Å². The van der Waals surface area contributed by atoms with Crippen LogP contribution in [-0.2, 0) is 6.42 Å². The van der Waals surface area contributed by atoms with E-state index in [1.807, 2.05) is 0 Å². The Kier molecular flexibility index (Phi) is 4.42. The molecule has 1 nitrogen and oxygen atoms in total. The average Bonchev–Trinajstić information content (AvgIpc) is 2.31. The fourth-order valence-corrected chi connectivity index (χ4v) is 3.44. The Morgan fingerprint density at radius 2 is 1.68 bits per heavy atom. The van der Waals surface area contributed by atoms with E-state index in [0.717, 1.165) is 42.5 Å². The SMILES string of the molecule is CC(C)(C)C1CCC(O)(Cc2ccc(Br)cc2)CC1. The van der Waals surface area contributed by atoms with E-state index in [9.17, 15) is 5.11 Å². The fourth-order valence-electron chi connectivity index (χ4n) is 3.18. The lowest BCUT2D eigenvalue weighted by Crippen LogP contribution is -2.39. The lowest BCUT2D eigenvalue weighted by molar-refractivity contribution is -0.0245. The van der Waals surface area contributed by atoms with Crippen molar-refractivity contribution in [3.05, 3.63) is 34.3 Å². The molecule has 106 valence electrons. The third kappa shape index (κ3) is 4.06. The minimum atomic E-state index is -0.490. The first kappa shape index (κ1) is 15.1. The molecule has 0 saturated heterocycles. The van der Waals surface area contributed by atoms with Gasteiger partial charge in [-0.3, -0.25) is 0 Å². The second-order valence-corrected chi connectivity index (χ2v) is 8.08. The maximum atomic E-state index is 10.8. The number of rotatable bonds is 2. The molecule has 2 heteroatoms. The van der Waals surface area contributed by atoms with E-state index in [1.165, 1.54) is 5.56 Å². The van der Waals surface area contributed by atoms with Gasteiger partial charge in [-0.1, -0.05) is 48.8 Å². The molecule has 1 aromatic carbocycles. The Morgan fingerprint density at radius 1 is 1.16 bits per heavy atom. The minimum absolute atomic E-state index is 0.374. The molecule has 0 heterocycles. The highest BCUT2D eigenvalue weighted by Crippen LogP contribution is 2.42. The quantitative estimate of drug-likeness (QED) is 0.815. The van der Waals surface area contributed by atoms with Crippen molar-refractivity contribution >= 4 is 15.9 Å². The maximum Gasteiger partial charge on any atom is 0.0688 e. The zero-order chi connectivity index (χ0) is 14.1. The molecule has 1 aromatic rings. The van der Waals surface area contributed by atoms with Crippen LogP contribution in [0.25, 0.3) is 0 Å². The van der Waals surface area contributed by atoms with Gasteiger partial charge in [0.1, 0.15) is 0 Å². The summed E-state index contributed by atoms with van der Waals surface area (Å²) in [4.78, 5) is 0. The number of hydrogen-bond acceptors (Lipinski definition) is 1. The molecule has 1 N–H and O–H groups in total. The maximum absolute atomic E-state index is 10.8. The zero-order valence-electron chi connectivity index (χ0n) is 12.2.